The second-order valence-electron chi connectivity index (χ2n) is 11.2. The number of nitrogens with zero attached hydrogens (tertiary/aromatic N) is 2. The molecule has 40 heavy (non-hydrogen) atoms. The Hall–Kier alpha value is -3.49. The third-order valence-corrected chi connectivity index (χ3v) is 8.97. The van der Waals surface area contributed by atoms with Crippen LogP contribution in [-0.4, -0.2) is 70.8 Å². The summed E-state index contributed by atoms with van der Waals surface area (Å²) in [6.07, 6.45) is 5.23. The smallest absolute Gasteiger partial charge is 0.312 e. The van der Waals surface area contributed by atoms with Crippen molar-refractivity contribution >= 4 is 34.2 Å². The normalized spacial score (nSPS) is 29.3. The molecule has 2 aromatic rings. The summed E-state index contributed by atoms with van der Waals surface area (Å²) in [6, 6.07) is 12.1. The fourth-order valence-corrected chi connectivity index (χ4v) is 7.08. The van der Waals surface area contributed by atoms with Gasteiger partial charge in [-0.15, -0.1) is 13.2 Å². The van der Waals surface area contributed by atoms with Crippen LogP contribution in [0, 0.1) is 11.8 Å². The van der Waals surface area contributed by atoms with Crippen molar-refractivity contribution in [3.63, 3.8) is 0 Å². The first-order valence-electron chi connectivity index (χ1n) is 14.1. The summed E-state index contributed by atoms with van der Waals surface area (Å²) in [7, 11) is 0. The van der Waals surface area contributed by atoms with E-state index < -0.39 is 41.1 Å². The molecule has 0 radical (unpaired) electrons. The second-order valence-corrected chi connectivity index (χ2v) is 11.2. The largest absolute Gasteiger partial charge is 0.465 e. The zero-order valence-corrected chi connectivity index (χ0v) is 23.3. The van der Waals surface area contributed by atoms with E-state index in [9.17, 15) is 19.5 Å². The van der Waals surface area contributed by atoms with Crippen molar-refractivity contribution in [1.82, 2.24) is 4.90 Å². The summed E-state index contributed by atoms with van der Waals surface area (Å²) in [5.41, 5.74) is -1.46. The summed E-state index contributed by atoms with van der Waals surface area (Å²) >= 11 is 0. The molecule has 2 aromatic carbocycles. The number of carbonyl (C=O) groups is 3. The number of ether oxygens (including phenoxy) is 2. The maximum atomic E-state index is 14.7. The number of benzene rings is 2. The molecule has 2 unspecified atom stereocenters. The molecular weight excluding hydrogens is 508 g/mol. The van der Waals surface area contributed by atoms with Gasteiger partial charge >= 0.3 is 5.97 Å². The van der Waals surface area contributed by atoms with Gasteiger partial charge in [0.15, 0.2) is 0 Å². The summed E-state index contributed by atoms with van der Waals surface area (Å²) in [5, 5.41) is 12.3. The summed E-state index contributed by atoms with van der Waals surface area (Å²) in [4.78, 5) is 45.5. The van der Waals surface area contributed by atoms with E-state index in [1.165, 1.54) is 4.90 Å². The van der Waals surface area contributed by atoms with E-state index in [4.69, 9.17) is 9.47 Å². The third-order valence-electron chi connectivity index (χ3n) is 8.97. The molecule has 0 aliphatic carbocycles. The Morgan fingerprint density at radius 1 is 1.20 bits per heavy atom. The van der Waals surface area contributed by atoms with Crippen molar-refractivity contribution < 1.29 is 29.0 Å². The number of carbonyl (C=O) groups excluding carboxylic acids is 3. The van der Waals surface area contributed by atoms with Gasteiger partial charge in [0.05, 0.1) is 30.8 Å². The molecule has 3 heterocycles. The topological polar surface area (TPSA) is 96.4 Å². The molecule has 5 rings (SSSR count). The lowest BCUT2D eigenvalue weighted by molar-refractivity contribution is -0.160. The Kier molecular flexibility index (Phi) is 7.59. The molecule has 3 fully saturated rings. The van der Waals surface area contributed by atoms with Gasteiger partial charge in [0.2, 0.25) is 5.91 Å². The van der Waals surface area contributed by atoms with Crippen LogP contribution in [0.4, 0.5) is 5.69 Å². The number of esters is 1. The Labute approximate surface area is 235 Å². The Morgan fingerprint density at radius 2 is 1.95 bits per heavy atom. The van der Waals surface area contributed by atoms with E-state index in [0.29, 0.717) is 31.4 Å². The molecule has 0 aromatic heterocycles. The molecule has 3 aliphatic heterocycles. The molecule has 2 amide bonds. The quantitative estimate of drug-likeness (QED) is 0.260. The van der Waals surface area contributed by atoms with Gasteiger partial charge in [-0.05, 0) is 55.5 Å². The third kappa shape index (κ3) is 4.25. The number of likely N-dealkylation sites (tertiary alicyclic amines) is 1. The van der Waals surface area contributed by atoms with Gasteiger partial charge in [-0.1, -0.05) is 49.4 Å². The minimum absolute atomic E-state index is 0.165. The number of fused-ring (bicyclic) bond motifs is 2. The van der Waals surface area contributed by atoms with Gasteiger partial charge in [-0.25, -0.2) is 0 Å². The minimum atomic E-state index is -1.20. The Morgan fingerprint density at radius 3 is 2.62 bits per heavy atom. The van der Waals surface area contributed by atoms with E-state index in [2.05, 4.69) is 13.2 Å². The van der Waals surface area contributed by atoms with Crippen LogP contribution < -0.4 is 4.90 Å². The molecule has 0 saturated carbocycles. The fourth-order valence-electron chi connectivity index (χ4n) is 7.08. The highest BCUT2D eigenvalue weighted by atomic mass is 16.6. The van der Waals surface area contributed by atoms with Crippen molar-refractivity contribution in [2.75, 3.05) is 24.7 Å². The minimum Gasteiger partial charge on any atom is -0.465 e. The van der Waals surface area contributed by atoms with Gasteiger partial charge in [0, 0.05) is 12.2 Å². The van der Waals surface area contributed by atoms with Crippen molar-refractivity contribution in [2.24, 2.45) is 11.8 Å². The van der Waals surface area contributed by atoms with E-state index >= 15 is 0 Å². The van der Waals surface area contributed by atoms with Crippen LogP contribution in [0.15, 0.2) is 67.8 Å². The second kappa shape index (κ2) is 10.8. The maximum absolute atomic E-state index is 14.7. The zero-order chi connectivity index (χ0) is 28.7. The van der Waals surface area contributed by atoms with Gasteiger partial charge in [-0.3, -0.25) is 14.4 Å². The lowest BCUT2D eigenvalue weighted by Gasteiger charge is -2.39. The lowest BCUT2D eigenvalue weighted by atomic mass is 9.66. The molecule has 3 saturated heterocycles. The lowest BCUT2D eigenvalue weighted by Crippen LogP contribution is -2.59. The molecule has 8 nitrogen and oxygen atoms in total. The first kappa shape index (κ1) is 28.1. The number of anilines is 1. The number of rotatable bonds is 11. The molecular formula is C32H38N2O6. The highest BCUT2D eigenvalue weighted by Crippen LogP contribution is 2.63. The fraction of sp³-hybridized carbons (Fsp3) is 0.469. The van der Waals surface area contributed by atoms with Gasteiger partial charge in [0.25, 0.3) is 5.91 Å². The zero-order valence-electron chi connectivity index (χ0n) is 23.3. The summed E-state index contributed by atoms with van der Waals surface area (Å²) < 4.78 is 12.2. The summed E-state index contributed by atoms with van der Waals surface area (Å²) in [5.74, 6) is -2.87. The van der Waals surface area contributed by atoms with Gasteiger partial charge in [0.1, 0.15) is 17.6 Å². The average Bonchev–Trinajstić information content (AvgIpc) is 3.53. The van der Waals surface area contributed by atoms with E-state index in [0.717, 1.165) is 10.8 Å². The average molecular weight is 547 g/mol. The molecule has 1 spiro atoms. The standard InChI is InChI=1S/C32H38N2O6/c1-5-8-18-39-30(38)26-25-28(36)34(23(7-3)20-35)27(32(25)16-15-31(26,4)40-32)29(37)33(17-6-2)24-14-13-21-11-9-10-12-22(21)19-24/h5-6,9-14,19,23,25-27,35H,1-2,7-8,15-18,20H2,3-4H3/t23-,25-,26-,27?,31+,32?/m0/s1. The number of aliphatic hydroxyl groups is 1. The number of hydrogen-bond donors (Lipinski definition) is 1. The predicted octanol–water partition coefficient (Wildman–Crippen LogP) is 4.01. The van der Waals surface area contributed by atoms with Crippen molar-refractivity contribution in [2.45, 2.75) is 62.8 Å². The summed E-state index contributed by atoms with van der Waals surface area (Å²) in [6.45, 7) is 11.3. The van der Waals surface area contributed by atoms with Crippen molar-refractivity contribution in [3.8, 4) is 0 Å². The first-order chi connectivity index (χ1) is 19.3. The van der Waals surface area contributed by atoms with Crippen LogP contribution in [0.1, 0.15) is 39.5 Å². The van der Waals surface area contributed by atoms with Crippen LogP contribution in [0.5, 0.6) is 0 Å². The predicted molar refractivity (Wildman–Crippen MR) is 153 cm³/mol. The molecule has 1 N–H and O–H groups in total. The van der Waals surface area contributed by atoms with E-state index in [-0.39, 0.29) is 31.6 Å². The SMILES string of the molecule is C=CCCOC(=O)[C@@H]1[C@H]2C(=O)N([C@@H](CC)CO)C(C(=O)N(CC=C)c3ccc4ccccc4c3)C23CC[C@@]1(C)O3. The van der Waals surface area contributed by atoms with E-state index in [1.807, 2.05) is 56.3 Å². The number of hydrogen-bond acceptors (Lipinski definition) is 6. The molecule has 212 valence electrons. The van der Waals surface area contributed by atoms with Crippen LogP contribution in [0.3, 0.4) is 0 Å². The first-order valence-corrected chi connectivity index (χ1v) is 14.1. The van der Waals surface area contributed by atoms with Crippen LogP contribution in [0.2, 0.25) is 0 Å². The number of amides is 2. The highest BCUT2D eigenvalue weighted by Gasteiger charge is 2.79. The van der Waals surface area contributed by atoms with Crippen LogP contribution in [-0.2, 0) is 23.9 Å². The van der Waals surface area contributed by atoms with Gasteiger partial charge < -0.3 is 24.4 Å². The van der Waals surface area contributed by atoms with Crippen LogP contribution in [0.25, 0.3) is 10.8 Å². The van der Waals surface area contributed by atoms with E-state index in [1.54, 1.807) is 17.1 Å². The van der Waals surface area contributed by atoms with Crippen molar-refractivity contribution in [3.05, 3.63) is 67.8 Å². The highest BCUT2D eigenvalue weighted by molar-refractivity contribution is 6.05. The molecule has 2 bridgehead atoms. The Bertz CT molecular complexity index is 1340. The Balaban J connectivity index is 1.59. The van der Waals surface area contributed by atoms with Crippen molar-refractivity contribution in [1.29, 1.82) is 0 Å². The maximum Gasteiger partial charge on any atom is 0.312 e. The molecule has 8 heteroatoms. The van der Waals surface area contributed by atoms with Gasteiger partial charge in [-0.2, -0.15) is 0 Å². The monoisotopic (exact) mass is 546 g/mol. The molecule has 3 aliphatic rings. The van der Waals surface area contributed by atoms with Crippen LogP contribution >= 0.6 is 0 Å². The molecule has 6 atom stereocenters. The number of aliphatic hydroxyl groups excluding tert-OH is 1.